The van der Waals surface area contributed by atoms with Crippen LogP contribution in [0.1, 0.15) is 0 Å². The quantitative estimate of drug-likeness (QED) is 0.711. The Labute approximate surface area is 86.2 Å². The Morgan fingerprint density at radius 1 is 0.867 bits per heavy atom. The van der Waals surface area contributed by atoms with Gasteiger partial charge in [0.1, 0.15) is 11.6 Å². The Balaban J connectivity index is 2.53. The molecule has 0 saturated carbocycles. The van der Waals surface area contributed by atoms with Gasteiger partial charge in [-0.2, -0.15) is 0 Å². The first-order chi connectivity index (χ1) is 7.16. The second kappa shape index (κ2) is 3.69. The molecule has 0 aliphatic heterocycles. The fraction of sp³-hybridized carbons (Fsp3) is 0. The lowest BCUT2D eigenvalue weighted by molar-refractivity contribution is 0.603. The Kier molecular flexibility index (Phi) is 2.37. The molecule has 0 unspecified atom stereocenters. The Bertz CT molecular complexity index is 477. The van der Waals surface area contributed by atoms with Crippen molar-refractivity contribution in [2.24, 2.45) is 0 Å². The molecule has 2 N–H and O–H groups in total. The number of hydrogen-bond donors (Lipinski definition) is 1. The van der Waals surface area contributed by atoms with Crippen LogP contribution < -0.4 is 5.73 Å². The van der Waals surface area contributed by atoms with Crippen molar-refractivity contribution < 1.29 is 8.78 Å². The maximum Gasteiger partial charge on any atom is 0.131 e. The van der Waals surface area contributed by atoms with Crippen molar-refractivity contribution in [3.8, 4) is 11.1 Å². The number of nitrogen functional groups attached to an aromatic ring is 1. The van der Waals surface area contributed by atoms with Crippen LogP contribution in [0.5, 0.6) is 0 Å². The number of anilines is 1. The largest absolute Gasteiger partial charge is 0.399 e. The van der Waals surface area contributed by atoms with E-state index < -0.39 is 11.6 Å². The highest BCUT2D eigenvalue weighted by Gasteiger charge is 2.05. The molecule has 0 aliphatic carbocycles. The van der Waals surface area contributed by atoms with Crippen LogP contribution in [0.2, 0.25) is 0 Å². The van der Waals surface area contributed by atoms with Gasteiger partial charge in [-0.15, -0.1) is 0 Å². The zero-order chi connectivity index (χ0) is 10.8. The lowest BCUT2D eigenvalue weighted by Crippen LogP contribution is -1.88. The third kappa shape index (κ3) is 1.96. The fourth-order valence-electron chi connectivity index (χ4n) is 1.38. The summed E-state index contributed by atoms with van der Waals surface area (Å²) in [6, 6.07) is 10.00. The molecule has 0 heterocycles. The van der Waals surface area contributed by atoms with Gasteiger partial charge in [0.05, 0.1) is 0 Å². The van der Waals surface area contributed by atoms with Gasteiger partial charge < -0.3 is 5.73 Å². The van der Waals surface area contributed by atoms with Gasteiger partial charge in [0.25, 0.3) is 0 Å². The maximum atomic E-state index is 13.4. The van der Waals surface area contributed by atoms with Crippen molar-refractivity contribution in [1.29, 1.82) is 0 Å². The molecule has 2 rings (SSSR count). The number of halogens is 2. The fourth-order valence-corrected chi connectivity index (χ4v) is 1.38. The zero-order valence-electron chi connectivity index (χ0n) is 7.87. The van der Waals surface area contributed by atoms with Crippen molar-refractivity contribution in [2.45, 2.75) is 0 Å². The summed E-state index contributed by atoms with van der Waals surface area (Å²) in [5.74, 6) is -0.899. The Morgan fingerprint density at radius 2 is 1.53 bits per heavy atom. The molecular formula is C12H9F2N. The summed E-state index contributed by atoms with van der Waals surface area (Å²) in [6.45, 7) is 0. The van der Waals surface area contributed by atoms with Crippen LogP contribution in [0.3, 0.4) is 0 Å². The van der Waals surface area contributed by atoms with E-state index in [4.69, 9.17) is 5.73 Å². The highest BCUT2D eigenvalue weighted by molar-refractivity contribution is 5.66. The molecule has 0 fully saturated rings. The van der Waals surface area contributed by atoms with E-state index in [1.54, 1.807) is 24.3 Å². The van der Waals surface area contributed by atoms with E-state index in [0.717, 1.165) is 12.1 Å². The molecule has 0 atom stereocenters. The molecule has 0 bridgehead atoms. The lowest BCUT2D eigenvalue weighted by Gasteiger charge is -2.03. The van der Waals surface area contributed by atoms with Crippen molar-refractivity contribution in [3.63, 3.8) is 0 Å². The predicted molar refractivity (Wildman–Crippen MR) is 56.2 cm³/mol. The topological polar surface area (TPSA) is 26.0 Å². The van der Waals surface area contributed by atoms with Crippen molar-refractivity contribution in [2.75, 3.05) is 5.73 Å². The number of benzene rings is 2. The minimum atomic E-state index is -0.455. The molecule has 15 heavy (non-hydrogen) atoms. The Hall–Kier alpha value is -1.90. The minimum absolute atomic E-state index is 0.245. The van der Waals surface area contributed by atoms with E-state index in [9.17, 15) is 8.78 Å². The second-order valence-electron chi connectivity index (χ2n) is 3.25. The summed E-state index contributed by atoms with van der Waals surface area (Å²) < 4.78 is 26.3. The average molecular weight is 205 g/mol. The molecule has 76 valence electrons. The molecule has 1 nitrogen and oxygen atoms in total. The van der Waals surface area contributed by atoms with Crippen LogP contribution >= 0.6 is 0 Å². The monoisotopic (exact) mass is 205 g/mol. The molecule has 3 heteroatoms. The second-order valence-corrected chi connectivity index (χ2v) is 3.25. The number of hydrogen-bond acceptors (Lipinski definition) is 1. The van der Waals surface area contributed by atoms with Gasteiger partial charge in [0.2, 0.25) is 0 Å². The number of nitrogens with two attached hydrogens (primary N) is 1. The summed E-state index contributed by atoms with van der Waals surface area (Å²) in [4.78, 5) is 0. The minimum Gasteiger partial charge on any atom is -0.399 e. The van der Waals surface area contributed by atoms with Crippen LogP contribution in [0, 0.1) is 11.6 Å². The summed E-state index contributed by atoms with van der Waals surface area (Å²) in [7, 11) is 0. The third-order valence-electron chi connectivity index (χ3n) is 2.15. The van der Waals surface area contributed by atoms with Crippen molar-refractivity contribution >= 4 is 5.69 Å². The van der Waals surface area contributed by atoms with Crippen LogP contribution in [0.25, 0.3) is 11.1 Å². The van der Waals surface area contributed by atoms with E-state index in [2.05, 4.69) is 0 Å². The van der Waals surface area contributed by atoms with Gasteiger partial charge in [0, 0.05) is 11.3 Å². The van der Waals surface area contributed by atoms with Crippen molar-refractivity contribution in [1.82, 2.24) is 0 Å². The molecule has 0 amide bonds. The van der Waals surface area contributed by atoms with E-state index in [-0.39, 0.29) is 5.56 Å². The average Bonchev–Trinajstić information content (AvgIpc) is 2.23. The summed E-state index contributed by atoms with van der Waals surface area (Å²) in [6.07, 6.45) is 0. The highest BCUT2D eigenvalue weighted by Crippen LogP contribution is 2.24. The van der Waals surface area contributed by atoms with E-state index in [1.807, 2.05) is 0 Å². The molecule has 0 spiro atoms. The molecule has 2 aromatic rings. The van der Waals surface area contributed by atoms with Gasteiger partial charge in [-0.25, -0.2) is 8.78 Å². The van der Waals surface area contributed by atoms with Gasteiger partial charge in [-0.05, 0) is 35.9 Å². The van der Waals surface area contributed by atoms with Gasteiger partial charge in [0.15, 0.2) is 0 Å². The summed E-state index contributed by atoms with van der Waals surface area (Å²) in [5.41, 5.74) is 6.96. The van der Waals surface area contributed by atoms with Crippen molar-refractivity contribution in [3.05, 3.63) is 54.1 Å². The highest BCUT2D eigenvalue weighted by atomic mass is 19.1. The lowest BCUT2D eigenvalue weighted by atomic mass is 10.0. The molecular weight excluding hydrogens is 196 g/mol. The molecule has 0 saturated heterocycles. The smallest absolute Gasteiger partial charge is 0.131 e. The molecule has 0 aromatic heterocycles. The van der Waals surface area contributed by atoms with E-state index in [0.29, 0.717) is 11.3 Å². The van der Waals surface area contributed by atoms with E-state index >= 15 is 0 Å². The number of rotatable bonds is 1. The first-order valence-electron chi connectivity index (χ1n) is 4.48. The van der Waals surface area contributed by atoms with Crippen LogP contribution in [-0.2, 0) is 0 Å². The molecule has 0 radical (unpaired) electrons. The Morgan fingerprint density at radius 3 is 2.20 bits per heavy atom. The first-order valence-corrected chi connectivity index (χ1v) is 4.48. The first kappa shape index (κ1) is 9.65. The summed E-state index contributed by atoms with van der Waals surface area (Å²) >= 11 is 0. The normalized spacial score (nSPS) is 10.3. The van der Waals surface area contributed by atoms with Crippen LogP contribution in [0.4, 0.5) is 14.5 Å². The maximum absolute atomic E-state index is 13.4. The standard InChI is InChI=1S/C12H9F2N/c13-9-3-6-12(14)11(7-9)8-1-4-10(15)5-2-8/h1-7H,15H2. The predicted octanol–water partition coefficient (Wildman–Crippen LogP) is 3.21. The van der Waals surface area contributed by atoms with Crippen LogP contribution in [-0.4, -0.2) is 0 Å². The molecule has 0 aliphatic rings. The summed E-state index contributed by atoms with van der Waals surface area (Å²) in [5, 5.41) is 0. The SMILES string of the molecule is Nc1ccc(-c2cc(F)ccc2F)cc1. The van der Waals surface area contributed by atoms with E-state index in [1.165, 1.54) is 6.07 Å². The van der Waals surface area contributed by atoms with Crippen LogP contribution in [0.15, 0.2) is 42.5 Å². The zero-order valence-corrected chi connectivity index (χ0v) is 7.87. The van der Waals surface area contributed by atoms with Gasteiger partial charge >= 0.3 is 0 Å². The molecule has 2 aromatic carbocycles. The third-order valence-corrected chi connectivity index (χ3v) is 2.15. The van der Waals surface area contributed by atoms with Gasteiger partial charge in [-0.3, -0.25) is 0 Å². The van der Waals surface area contributed by atoms with Gasteiger partial charge in [-0.1, -0.05) is 12.1 Å².